The molecule has 0 bridgehead atoms. The van der Waals surface area contributed by atoms with Crippen LogP contribution < -0.4 is 9.46 Å². The van der Waals surface area contributed by atoms with Crippen molar-refractivity contribution < 1.29 is 22.3 Å². The fourth-order valence-corrected chi connectivity index (χ4v) is 5.61. The van der Waals surface area contributed by atoms with Gasteiger partial charge in [-0.25, -0.2) is 22.5 Å². The summed E-state index contributed by atoms with van der Waals surface area (Å²) in [4.78, 5) is 19.1. The number of halogens is 1. The number of thiazole rings is 1. The largest absolute Gasteiger partial charge is 0.497 e. The Labute approximate surface area is 189 Å². The van der Waals surface area contributed by atoms with Crippen LogP contribution in [0.15, 0.2) is 58.8 Å². The standard InChI is InChI=1S/C22H22FN3O4S2/c1-30-18-6-2-15(3-7-18)21-24-20(14-31-21)22(27)26-12-10-17(11-13-26)25-32(28,29)19-8-4-16(23)5-9-19/h2-9,14,17,25H,10-13H2,1H3. The molecule has 0 spiro atoms. The first-order chi connectivity index (χ1) is 15.4. The van der Waals surface area contributed by atoms with E-state index >= 15 is 0 Å². The second kappa shape index (κ2) is 9.35. The van der Waals surface area contributed by atoms with Crippen molar-refractivity contribution in [1.29, 1.82) is 0 Å². The molecule has 7 nitrogen and oxygen atoms in total. The molecule has 0 radical (unpaired) electrons. The number of likely N-dealkylation sites (tertiary alicyclic amines) is 1. The average molecular weight is 476 g/mol. The number of benzene rings is 2. The zero-order valence-electron chi connectivity index (χ0n) is 17.3. The van der Waals surface area contributed by atoms with E-state index in [0.29, 0.717) is 31.6 Å². The van der Waals surface area contributed by atoms with E-state index in [0.717, 1.165) is 28.5 Å². The lowest BCUT2D eigenvalue weighted by Gasteiger charge is -2.31. The number of hydrogen-bond acceptors (Lipinski definition) is 6. The third kappa shape index (κ3) is 4.98. The van der Waals surface area contributed by atoms with Gasteiger partial charge >= 0.3 is 0 Å². The number of nitrogens with zero attached hydrogens (tertiary/aromatic N) is 2. The molecule has 0 aliphatic carbocycles. The summed E-state index contributed by atoms with van der Waals surface area (Å²) in [6, 6.07) is 11.9. The monoisotopic (exact) mass is 475 g/mol. The van der Waals surface area contributed by atoms with E-state index in [2.05, 4.69) is 9.71 Å². The molecule has 2 aromatic carbocycles. The molecule has 1 amide bonds. The summed E-state index contributed by atoms with van der Waals surface area (Å²) in [5, 5.41) is 2.49. The maximum atomic E-state index is 13.1. The number of carbonyl (C=O) groups excluding carboxylic acids is 1. The molecule has 1 aliphatic rings. The number of aromatic nitrogens is 1. The SMILES string of the molecule is COc1ccc(-c2nc(C(=O)N3CCC(NS(=O)(=O)c4ccc(F)cc4)CC3)cs2)cc1. The Morgan fingerprint density at radius 3 is 2.41 bits per heavy atom. The second-order valence-electron chi connectivity index (χ2n) is 7.41. The lowest BCUT2D eigenvalue weighted by atomic mass is 10.1. The average Bonchev–Trinajstić information content (AvgIpc) is 3.29. The van der Waals surface area contributed by atoms with Crippen LogP contribution in [0.2, 0.25) is 0 Å². The van der Waals surface area contributed by atoms with E-state index in [1.165, 1.54) is 23.5 Å². The predicted octanol–water partition coefficient (Wildman–Crippen LogP) is 3.54. The van der Waals surface area contributed by atoms with Gasteiger partial charge in [-0.05, 0) is 61.4 Å². The molecular weight excluding hydrogens is 453 g/mol. The molecule has 3 aromatic rings. The highest BCUT2D eigenvalue weighted by atomic mass is 32.2. The van der Waals surface area contributed by atoms with Crippen molar-refractivity contribution >= 4 is 27.3 Å². The molecule has 0 unspecified atom stereocenters. The van der Waals surface area contributed by atoms with Crippen molar-refractivity contribution in [3.63, 3.8) is 0 Å². The van der Waals surface area contributed by atoms with Gasteiger partial charge in [0.15, 0.2) is 0 Å². The summed E-state index contributed by atoms with van der Waals surface area (Å²) in [5.74, 6) is 0.0911. The van der Waals surface area contributed by atoms with Crippen molar-refractivity contribution in [2.75, 3.05) is 20.2 Å². The zero-order valence-corrected chi connectivity index (χ0v) is 19.0. The van der Waals surface area contributed by atoms with Gasteiger partial charge in [0.1, 0.15) is 22.3 Å². The Morgan fingerprint density at radius 2 is 1.78 bits per heavy atom. The molecule has 1 fully saturated rings. The molecule has 0 atom stereocenters. The van der Waals surface area contributed by atoms with Crippen LogP contribution in [0.5, 0.6) is 5.75 Å². The van der Waals surface area contributed by atoms with Crippen molar-refractivity contribution in [3.05, 3.63) is 65.4 Å². The van der Waals surface area contributed by atoms with E-state index in [4.69, 9.17) is 4.74 Å². The summed E-state index contributed by atoms with van der Waals surface area (Å²) in [7, 11) is -2.14. The first kappa shape index (κ1) is 22.4. The van der Waals surface area contributed by atoms with Gasteiger partial charge in [0.05, 0.1) is 12.0 Å². The molecule has 1 N–H and O–H groups in total. The van der Waals surface area contributed by atoms with Gasteiger partial charge in [-0.1, -0.05) is 0 Å². The minimum Gasteiger partial charge on any atom is -0.497 e. The number of sulfonamides is 1. The van der Waals surface area contributed by atoms with Crippen LogP contribution in [-0.2, 0) is 10.0 Å². The van der Waals surface area contributed by atoms with Crippen molar-refractivity contribution in [2.24, 2.45) is 0 Å². The Balaban J connectivity index is 1.35. The number of methoxy groups -OCH3 is 1. The Morgan fingerprint density at radius 1 is 1.12 bits per heavy atom. The van der Waals surface area contributed by atoms with Crippen LogP contribution in [0.1, 0.15) is 23.3 Å². The molecular formula is C22H22FN3O4S2. The molecule has 32 heavy (non-hydrogen) atoms. The zero-order chi connectivity index (χ0) is 22.7. The first-order valence-corrected chi connectivity index (χ1v) is 12.4. The lowest BCUT2D eigenvalue weighted by molar-refractivity contribution is 0.0706. The number of piperidine rings is 1. The maximum absolute atomic E-state index is 13.1. The number of ether oxygens (including phenoxy) is 1. The Hall–Kier alpha value is -2.82. The third-order valence-electron chi connectivity index (χ3n) is 5.29. The summed E-state index contributed by atoms with van der Waals surface area (Å²) in [6.07, 6.45) is 0.975. The minimum atomic E-state index is -3.74. The fourth-order valence-electron chi connectivity index (χ4n) is 3.50. The van der Waals surface area contributed by atoms with Crippen molar-refractivity contribution in [1.82, 2.24) is 14.6 Å². The second-order valence-corrected chi connectivity index (χ2v) is 9.98. The summed E-state index contributed by atoms with van der Waals surface area (Å²) >= 11 is 1.40. The Bertz CT molecular complexity index is 1190. The smallest absolute Gasteiger partial charge is 0.273 e. The lowest BCUT2D eigenvalue weighted by Crippen LogP contribution is -2.46. The predicted molar refractivity (Wildman–Crippen MR) is 120 cm³/mol. The molecule has 1 saturated heterocycles. The molecule has 1 aromatic heterocycles. The highest BCUT2D eigenvalue weighted by molar-refractivity contribution is 7.89. The minimum absolute atomic E-state index is 0.0194. The van der Waals surface area contributed by atoms with Gasteiger partial charge in [-0.15, -0.1) is 11.3 Å². The quantitative estimate of drug-likeness (QED) is 0.589. The molecule has 1 aliphatic heterocycles. The maximum Gasteiger partial charge on any atom is 0.273 e. The topological polar surface area (TPSA) is 88.6 Å². The normalized spacial score (nSPS) is 15.0. The van der Waals surface area contributed by atoms with Gasteiger partial charge in [0.2, 0.25) is 10.0 Å². The van der Waals surface area contributed by atoms with Crippen LogP contribution in [0.25, 0.3) is 10.6 Å². The highest BCUT2D eigenvalue weighted by Crippen LogP contribution is 2.27. The van der Waals surface area contributed by atoms with Gasteiger partial charge in [0.25, 0.3) is 5.91 Å². The van der Waals surface area contributed by atoms with Crippen LogP contribution in [-0.4, -0.2) is 50.5 Å². The highest BCUT2D eigenvalue weighted by Gasteiger charge is 2.28. The van der Waals surface area contributed by atoms with Gasteiger partial charge in [0, 0.05) is 30.1 Å². The van der Waals surface area contributed by atoms with Crippen LogP contribution in [0.3, 0.4) is 0 Å². The summed E-state index contributed by atoms with van der Waals surface area (Å²) < 4.78 is 45.9. The van der Waals surface area contributed by atoms with E-state index < -0.39 is 15.8 Å². The summed E-state index contributed by atoms with van der Waals surface area (Å²) in [5.41, 5.74) is 1.29. The first-order valence-electron chi connectivity index (χ1n) is 10.0. The molecule has 10 heteroatoms. The molecule has 0 saturated carbocycles. The molecule has 168 valence electrons. The van der Waals surface area contributed by atoms with Gasteiger partial charge in [-0.2, -0.15) is 0 Å². The van der Waals surface area contributed by atoms with Crippen molar-refractivity contribution in [2.45, 2.75) is 23.8 Å². The van der Waals surface area contributed by atoms with Gasteiger partial charge in [-0.3, -0.25) is 4.79 Å². The van der Waals surface area contributed by atoms with Crippen LogP contribution in [0.4, 0.5) is 4.39 Å². The van der Waals surface area contributed by atoms with E-state index in [1.54, 1.807) is 17.4 Å². The summed E-state index contributed by atoms with van der Waals surface area (Å²) in [6.45, 7) is 0.843. The van der Waals surface area contributed by atoms with E-state index in [-0.39, 0.29) is 16.8 Å². The fraction of sp³-hybridized carbons (Fsp3) is 0.273. The number of nitrogens with one attached hydrogen (secondary N) is 1. The van der Waals surface area contributed by atoms with Crippen LogP contribution >= 0.6 is 11.3 Å². The number of amides is 1. The van der Waals surface area contributed by atoms with E-state index in [1.807, 2.05) is 24.3 Å². The Kier molecular flexibility index (Phi) is 6.54. The van der Waals surface area contributed by atoms with Crippen molar-refractivity contribution in [3.8, 4) is 16.3 Å². The molecule has 2 heterocycles. The number of rotatable bonds is 6. The van der Waals surface area contributed by atoms with Crippen LogP contribution in [0, 0.1) is 5.82 Å². The third-order valence-corrected chi connectivity index (χ3v) is 7.72. The number of carbonyl (C=O) groups is 1. The number of hydrogen-bond donors (Lipinski definition) is 1. The van der Waals surface area contributed by atoms with Gasteiger partial charge < -0.3 is 9.64 Å². The van der Waals surface area contributed by atoms with E-state index in [9.17, 15) is 17.6 Å². The molecule has 4 rings (SSSR count).